The van der Waals surface area contributed by atoms with Crippen molar-refractivity contribution in [1.82, 2.24) is 14.8 Å². The van der Waals surface area contributed by atoms with Crippen LogP contribution in [0.4, 0.5) is 0 Å². The summed E-state index contributed by atoms with van der Waals surface area (Å²) in [7, 11) is 0. The fourth-order valence-corrected chi connectivity index (χ4v) is 2.29. The van der Waals surface area contributed by atoms with Crippen molar-refractivity contribution in [3.05, 3.63) is 53.1 Å². The molecule has 21 heavy (non-hydrogen) atoms. The normalized spacial score (nSPS) is 11.3. The number of nitrogens with one attached hydrogen (secondary N) is 1. The Morgan fingerprint density at radius 3 is 2.95 bits per heavy atom. The summed E-state index contributed by atoms with van der Waals surface area (Å²) in [6.07, 6.45) is 8.21. The van der Waals surface area contributed by atoms with Crippen molar-refractivity contribution < 1.29 is 16.8 Å². The molecule has 1 aromatic carbocycles. The molecule has 0 aliphatic rings. The largest absolute Gasteiger partial charge is 1.00 e. The Morgan fingerprint density at radius 2 is 2.14 bits per heavy atom. The molecule has 0 fully saturated rings. The van der Waals surface area contributed by atoms with E-state index in [9.17, 15) is 4.79 Å². The summed E-state index contributed by atoms with van der Waals surface area (Å²) in [5.41, 5.74) is 0.776. The highest BCUT2D eigenvalue weighted by Crippen LogP contribution is 2.04. The average Bonchev–Trinajstić information content (AvgIpc) is 2.87. The lowest BCUT2D eigenvalue weighted by Gasteiger charge is -1.93. The number of hydrogen-bond acceptors (Lipinski definition) is 2. The van der Waals surface area contributed by atoms with Crippen LogP contribution in [0, 0.1) is 0 Å². The van der Waals surface area contributed by atoms with E-state index in [0.717, 1.165) is 24.9 Å². The molecule has 2 heterocycles. The summed E-state index contributed by atoms with van der Waals surface area (Å²) < 4.78 is 3.78. The minimum absolute atomic E-state index is 0. The van der Waals surface area contributed by atoms with Gasteiger partial charge in [0.2, 0.25) is 0 Å². The van der Waals surface area contributed by atoms with Crippen LogP contribution in [0.1, 0.15) is 19.8 Å². The van der Waals surface area contributed by atoms with Crippen LogP contribution < -0.4 is 22.4 Å². The predicted molar refractivity (Wildman–Crippen MR) is 77.6 cm³/mol. The van der Waals surface area contributed by atoms with Crippen molar-refractivity contribution in [2.75, 3.05) is 0 Å². The summed E-state index contributed by atoms with van der Waals surface area (Å²) in [6, 6.07) is 7.54. The maximum atomic E-state index is 12.0. The van der Waals surface area contributed by atoms with Crippen molar-refractivity contribution in [1.29, 1.82) is 0 Å². The minimum Gasteiger partial charge on any atom is -1.00 e. The monoisotopic (exact) mass is 304 g/mol. The first-order valence-electron chi connectivity index (χ1n) is 6.84. The second kappa shape index (κ2) is 6.54. The third-order valence-electron chi connectivity index (χ3n) is 3.26. The molecule has 2 aromatic heterocycles. The van der Waals surface area contributed by atoms with Crippen LogP contribution in [0.5, 0.6) is 0 Å². The lowest BCUT2D eigenvalue weighted by atomic mass is 10.2. The zero-order valence-corrected chi connectivity index (χ0v) is 12.5. The van der Waals surface area contributed by atoms with Gasteiger partial charge in [-0.3, -0.25) is 4.79 Å². The number of allylic oxidation sites excluding steroid dienone is 2. The van der Waals surface area contributed by atoms with E-state index >= 15 is 0 Å². The highest BCUT2D eigenvalue weighted by atomic mass is 35.5. The molecule has 0 radical (unpaired) electrons. The molecule has 0 amide bonds. The third kappa shape index (κ3) is 2.97. The number of fused-ring (bicyclic) bond motifs is 3. The number of aromatic amines is 1. The molecule has 1 N–H and O–H groups in total. The van der Waals surface area contributed by atoms with Crippen LogP contribution in [0.3, 0.4) is 0 Å². The zero-order valence-electron chi connectivity index (χ0n) is 11.8. The van der Waals surface area contributed by atoms with E-state index in [-0.39, 0.29) is 18.0 Å². The smallest absolute Gasteiger partial charge is 0.389 e. The van der Waals surface area contributed by atoms with Crippen LogP contribution in [0.15, 0.2) is 47.5 Å². The van der Waals surface area contributed by atoms with E-state index in [2.05, 4.69) is 29.2 Å². The lowest BCUT2D eigenvalue weighted by Crippen LogP contribution is -3.00. The van der Waals surface area contributed by atoms with E-state index in [4.69, 9.17) is 0 Å². The molecule has 5 nitrogen and oxygen atoms in total. The number of halogens is 1. The molecule has 0 aliphatic carbocycles. The molecule has 0 saturated carbocycles. The van der Waals surface area contributed by atoms with Crippen LogP contribution in [0.2, 0.25) is 0 Å². The summed E-state index contributed by atoms with van der Waals surface area (Å²) >= 11 is 0. The first kappa shape index (κ1) is 15.3. The van der Waals surface area contributed by atoms with E-state index in [0.29, 0.717) is 11.2 Å². The number of H-pyrrole nitrogens is 1. The zero-order chi connectivity index (χ0) is 13.9. The van der Waals surface area contributed by atoms with Gasteiger partial charge in [-0.05, 0) is 25.0 Å². The summed E-state index contributed by atoms with van der Waals surface area (Å²) in [6.45, 7) is 2.92. The van der Waals surface area contributed by atoms with E-state index in [1.807, 2.05) is 39.7 Å². The van der Waals surface area contributed by atoms with Gasteiger partial charge in [-0.25, -0.2) is 4.98 Å². The van der Waals surface area contributed by atoms with Gasteiger partial charge >= 0.3 is 11.3 Å². The van der Waals surface area contributed by atoms with Crippen LogP contribution in [-0.2, 0) is 6.54 Å². The molecule has 0 bridgehead atoms. The molecule has 3 rings (SSSR count). The second-order valence-electron chi connectivity index (χ2n) is 4.71. The molecular formula is C15H17ClN4O. The van der Waals surface area contributed by atoms with Crippen molar-refractivity contribution in [2.24, 2.45) is 0 Å². The Kier molecular flexibility index (Phi) is 4.75. The van der Waals surface area contributed by atoms with E-state index < -0.39 is 0 Å². The number of aryl methyl sites for hydroxylation is 1. The van der Waals surface area contributed by atoms with E-state index in [1.165, 1.54) is 0 Å². The molecule has 110 valence electrons. The molecule has 0 atom stereocenters. The standard InChI is InChI=1S/C15H16N4O.ClH/c1-2-3-4-7-10-18-11-19-13-9-6-5-8-12(13)14(20)16-15(19)17-18;/h3-6,8-9,11H,2,7,10H2,1H3;1H. The maximum absolute atomic E-state index is 12.0. The van der Waals surface area contributed by atoms with Crippen molar-refractivity contribution >= 4 is 16.7 Å². The fourth-order valence-electron chi connectivity index (χ4n) is 2.29. The number of para-hydroxylation sites is 1. The second-order valence-corrected chi connectivity index (χ2v) is 4.71. The van der Waals surface area contributed by atoms with Crippen LogP contribution in [0.25, 0.3) is 16.7 Å². The highest BCUT2D eigenvalue weighted by Gasteiger charge is 2.13. The minimum atomic E-state index is -0.100. The van der Waals surface area contributed by atoms with Gasteiger partial charge < -0.3 is 12.4 Å². The Hall–Kier alpha value is -2.14. The van der Waals surface area contributed by atoms with Gasteiger partial charge in [-0.2, -0.15) is 4.40 Å². The number of hydrogen-bond donors (Lipinski definition) is 1. The molecule has 0 unspecified atom stereocenters. The fraction of sp³-hybridized carbons (Fsp3) is 0.267. The van der Waals surface area contributed by atoms with Crippen molar-refractivity contribution in [2.45, 2.75) is 26.3 Å². The summed E-state index contributed by atoms with van der Waals surface area (Å²) in [5.74, 6) is 0.577. The van der Waals surface area contributed by atoms with Gasteiger partial charge in [-0.15, -0.1) is 4.68 Å². The van der Waals surface area contributed by atoms with Gasteiger partial charge in [0.25, 0.3) is 0 Å². The van der Waals surface area contributed by atoms with Crippen LogP contribution >= 0.6 is 0 Å². The van der Waals surface area contributed by atoms with Gasteiger partial charge in [0.15, 0.2) is 6.33 Å². The van der Waals surface area contributed by atoms with Gasteiger partial charge in [0.05, 0.1) is 11.9 Å². The Morgan fingerprint density at radius 1 is 1.33 bits per heavy atom. The number of nitrogens with zero attached hydrogens (tertiary/aromatic N) is 3. The molecule has 3 aromatic rings. The molecular weight excluding hydrogens is 288 g/mol. The quantitative estimate of drug-likeness (QED) is 0.487. The first-order chi connectivity index (χ1) is 9.79. The molecule has 0 aliphatic heterocycles. The first-order valence-corrected chi connectivity index (χ1v) is 6.84. The Labute approximate surface area is 128 Å². The van der Waals surface area contributed by atoms with Gasteiger partial charge in [0, 0.05) is 5.10 Å². The number of benzene rings is 1. The average molecular weight is 305 g/mol. The maximum Gasteiger partial charge on any atom is 0.389 e. The summed E-state index contributed by atoms with van der Waals surface area (Å²) in [4.78, 5) is 14.8. The topological polar surface area (TPSA) is 54.8 Å². The number of aromatic nitrogens is 4. The Bertz CT molecular complexity index is 834. The molecule has 0 saturated heterocycles. The van der Waals surface area contributed by atoms with Gasteiger partial charge in [-0.1, -0.05) is 31.2 Å². The molecule has 6 heteroatoms. The van der Waals surface area contributed by atoms with Crippen molar-refractivity contribution in [3.8, 4) is 0 Å². The summed E-state index contributed by atoms with van der Waals surface area (Å²) in [5, 5.41) is 5.09. The lowest BCUT2D eigenvalue weighted by molar-refractivity contribution is -0.485. The van der Waals surface area contributed by atoms with Crippen LogP contribution in [-0.4, -0.2) is 14.8 Å². The molecule has 0 spiro atoms. The SMILES string of the molecule is CCC=CCCn1c[n+]2c(n1)[nH]c(=O)c1ccccc12.[Cl-]. The van der Waals surface area contributed by atoms with Crippen molar-refractivity contribution in [3.63, 3.8) is 0 Å². The highest BCUT2D eigenvalue weighted by molar-refractivity contribution is 5.74. The number of rotatable bonds is 4. The Balaban J connectivity index is 0.00000161. The van der Waals surface area contributed by atoms with Gasteiger partial charge in [0.1, 0.15) is 5.52 Å². The van der Waals surface area contributed by atoms with E-state index in [1.54, 1.807) is 0 Å². The third-order valence-corrected chi connectivity index (χ3v) is 3.26. The predicted octanol–water partition coefficient (Wildman–Crippen LogP) is -1.18.